The van der Waals surface area contributed by atoms with E-state index in [1.165, 1.54) is 0 Å². The van der Waals surface area contributed by atoms with E-state index in [-0.39, 0.29) is 19.8 Å². The van der Waals surface area contributed by atoms with Crippen LogP contribution >= 0.6 is 0 Å². The summed E-state index contributed by atoms with van der Waals surface area (Å²) in [7, 11) is 0. The summed E-state index contributed by atoms with van der Waals surface area (Å²) in [6.07, 6.45) is -4.66. The van der Waals surface area contributed by atoms with E-state index in [0.717, 1.165) is 0 Å². The van der Waals surface area contributed by atoms with E-state index >= 15 is 0 Å². The van der Waals surface area contributed by atoms with Gasteiger partial charge in [0, 0.05) is 0 Å². The smallest absolute Gasteiger partial charge is 0.190 e. The van der Waals surface area contributed by atoms with Crippen molar-refractivity contribution in [3.63, 3.8) is 0 Å². The molecule has 0 spiro atoms. The van der Waals surface area contributed by atoms with Crippen LogP contribution in [0.2, 0.25) is 0 Å². The molecule has 1 N–H and O–H groups in total. The first-order valence-electron chi connectivity index (χ1n) is 14.0. The molecule has 6 heterocycles. The van der Waals surface area contributed by atoms with Gasteiger partial charge in [-0.3, -0.25) is 0 Å². The van der Waals surface area contributed by atoms with Crippen LogP contribution in [0.3, 0.4) is 0 Å². The van der Waals surface area contributed by atoms with Crippen molar-refractivity contribution < 1.29 is 61.9 Å². The molecule has 6 saturated heterocycles. The first-order chi connectivity index (χ1) is 18.9. The second-order valence-corrected chi connectivity index (χ2v) is 12.3. The van der Waals surface area contributed by atoms with E-state index in [1.54, 1.807) is 6.08 Å². The Bertz CT molecular complexity index is 926. The highest BCUT2D eigenvalue weighted by molar-refractivity contribution is 4.99. The number of hydrogen-bond acceptors (Lipinski definition) is 13. The fourth-order valence-electron chi connectivity index (χ4n) is 6.25. The number of aliphatic hydroxyl groups is 1. The highest BCUT2D eigenvalue weighted by atomic mass is 16.9. The third-order valence-corrected chi connectivity index (χ3v) is 7.75. The minimum atomic E-state index is -0.832. The van der Waals surface area contributed by atoms with Crippen LogP contribution in [0.15, 0.2) is 12.7 Å². The zero-order valence-corrected chi connectivity index (χ0v) is 23.9. The van der Waals surface area contributed by atoms with Gasteiger partial charge in [0.15, 0.2) is 36.2 Å². The molecule has 12 atom stereocenters. The van der Waals surface area contributed by atoms with Crippen LogP contribution in [0, 0.1) is 0 Å². The van der Waals surface area contributed by atoms with Gasteiger partial charge in [0.05, 0.1) is 26.4 Å². The largest absolute Gasteiger partial charge is 0.394 e. The summed E-state index contributed by atoms with van der Waals surface area (Å²) < 4.78 is 72.9. The molecule has 0 saturated carbocycles. The van der Waals surface area contributed by atoms with Gasteiger partial charge in [0.2, 0.25) is 0 Å². The highest BCUT2D eigenvalue weighted by Gasteiger charge is 2.60. The SMILES string of the molecule is C=CCO[C@H]1[C@H]2OC(C)(C)O[C@H]2O[C@@H]1CO[C@H]1[C@H]2OC(C)(C)O[C@H]2O[C@@H]1CO[C@H]1[C@H]2OC(C)(C)O[C@H]2O[C@@H]1CO. The fourth-order valence-corrected chi connectivity index (χ4v) is 6.25. The van der Waals surface area contributed by atoms with E-state index in [1.807, 2.05) is 41.5 Å². The number of ether oxygens (including phenoxy) is 12. The molecular formula is C27H42O13. The predicted octanol–water partition coefficient (Wildman–Crippen LogP) is 0.950. The Morgan fingerprint density at radius 2 is 0.975 bits per heavy atom. The number of fused-ring (bicyclic) bond motifs is 3. The second-order valence-electron chi connectivity index (χ2n) is 12.3. The van der Waals surface area contributed by atoms with Crippen LogP contribution in [0.25, 0.3) is 0 Å². The van der Waals surface area contributed by atoms with E-state index in [9.17, 15) is 5.11 Å². The Hall–Kier alpha value is -0.780. The molecule has 6 fully saturated rings. The molecule has 6 aliphatic rings. The van der Waals surface area contributed by atoms with Crippen molar-refractivity contribution in [1.29, 1.82) is 0 Å². The molecule has 0 aromatic heterocycles. The van der Waals surface area contributed by atoms with Gasteiger partial charge in [-0.05, 0) is 41.5 Å². The average Bonchev–Trinajstić information content (AvgIpc) is 3.63. The van der Waals surface area contributed by atoms with E-state index in [2.05, 4.69) is 6.58 Å². The molecule has 40 heavy (non-hydrogen) atoms. The molecule has 0 aliphatic carbocycles. The van der Waals surface area contributed by atoms with Crippen molar-refractivity contribution in [2.24, 2.45) is 0 Å². The van der Waals surface area contributed by atoms with Crippen molar-refractivity contribution in [2.45, 2.75) is 133 Å². The number of hydrogen-bond donors (Lipinski definition) is 1. The number of rotatable bonds is 10. The van der Waals surface area contributed by atoms with Crippen LogP contribution < -0.4 is 0 Å². The van der Waals surface area contributed by atoms with Crippen LogP contribution in [0.1, 0.15) is 41.5 Å². The molecule has 0 bridgehead atoms. The van der Waals surface area contributed by atoms with Gasteiger partial charge < -0.3 is 61.9 Å². The predicted molar refractivity (Wildman–Crippen MR) is 133 cm³/mol. The molecule has 6 rings (SSSR count). The number of aliphatic hydroxyl groups excluding tert-OH is 1. The van der Waals surface area contributed by atoms with Crippen molar-refractivity contribution >= 4 is 0 Å². The quantitative estimate of drug-likeness (QED) is 0.372. The zero-order chi connectivity index (χ0) is 28.4. The first-order valence-corrected chi connectivity index (χ1v) is 14.0. The second kappa shape index (κ2) is 10.7. The minimum Gasteiger partial charge on any atom is -0.394 e. The zero-order valence-electron chi connectivity index (χ0n) is 23.9. The third kappa shape index (κ3) is 5.62. The van der Waals surface area contributed by atoms with Gasteiger partial charge in [-0.25, -0.2) is 0 Å². The maximum absolute atomic E-state index is 9.88. The van der Waals surface area contributed by atoms with E-state index in [0.29, 0.717) is 6.61 Å². The van der Waals surface area contributed by atoms with Crippen molar-refractivity contribution in [1.82, 2.24) is 0 Å². The van der Waals surface area contributed by atoms with Gasteiger partial charge in [-0.15, -0.1) is 6.58 Å². The van der Waals surface area contributed by atoms with Crippen LogP contribution in [0.4, 0.5) is 0 Å². The summed E-state index contributed by atoms with van der Waals surface area (Å²) in [5.74, 6) is -2.42. The summed E-state index contributed by atoms with van der Waals surface area (Å²) in [4.78, 5) is 0. The molecule has 0 amide bonds. The average molecular weight is 575 g/mol. The highest BCUT2D eigenvalue weighted by Crippen LogP contribution is 2.43. The monoisotopic (exact) mass is 574 g/mol. The molecule has 0 aromatic carbocycles. The van der Waals surface area contributed by atoms with Gasteiger partial charge in [0.25, 0.3) is 0 Å². The maximum atomic E-state index is 9.88. The maximum Gasteiger partial charge on any atom is 0.190 e. The molecular weight excluding hydrogens is 532 g/mol. The molecule has 0 aromatic rings. The lowest BCUT2D eigenvalue weighted by Gasteiger charge is -2.30. The molecule has 13 heteroatoms. The van der Waals surface area contributed by atoms with E-state index < -0.39 is 91.2 Å². The van der Waals surface area contributed by atoms with Gasteiger partial charge in [-0.2, -0.15) is 0 Å². The van der Waals surface area contributed by atoms with Crippen LogP contribution in [0.5, 0.6) is 0 Å². The van der Waals surface area contributed by atoms with Crippen LogP contribution in [-0.4, -0.2) is 123 Å². The lowest BCUT2D eigenvalue weighted by atomic mass is 10.1. The van der Waals surface area contributed by atoms with E-state index in [4.69, 9.17) is 56.8 Å². The minimum absolute atomic E-state index is 0.121. The summed E-state index contributed by atoms with van der Waals surface area (Å²) in [5.41, 5.74) is 0. The molecule has 228 valence electrons. The molecule has 0 radical (unpaired) electrons. The third-order valence-electron chi connectivity index (χ3n) is 7.75. The summed E-state index contributed by atoms with van der Waals surface area (Å²) >= 11 is 0. The van der Waals surface area contributed by atoms with Crippen LogP contribution in [-0.2, 0) is 56.8 Å². The Kier molecular flexibility index (Phi) is 7.87. The molecule has 13 nitrogen and oxygen atoms in total. The Balaban J connectivity index is 1.13. The standard InChI is InChI=1S/C27H42O13/c1-8-9-29-17-14(33-23-20(17)36-26(4,5)39-23)11-31-18-15(34-24-21(18)37-27(6,7)40-24)12-30-16-13(10-28)32-22-19(16)35-25(2,3)38-22/h8,13-24,28H,1,9-12H2,2-7H3/t13-,14-,15-,16-,17-,18-,19-,20-,21-,22-,23-,24-/m1/s1. The summed E-state index contributed by atoms with van der Waals surface area (Å²) in [6, 6.07) is 0. The first kappa shape index (κ1) is 29.3. The van der Waals surface area contributed by atoms with Crippen molar-refractivity contribution in [2.75, 3.05) is 26.4 Å². The Morgan fingerprint density at radius 1 is 0.600 bits per heavy atom. The Morgan fingerprint density at radius 3 is 1.38 bits per heavy atom. The van der Waals surface area contributed by atoms with Crippen molar-refractivity contribution in [3.05, 3.63) is 12.7 Å². The van der Waals surface area contributed by atoms with Crippen molar-refractivity contribution in [3.8, 4) is 0 Å². The lowest BCUT2D eigenvalue weighted by molar-refractivity contribution is -0.242. The normalized spacial score (nSPS) is 47.9. The Labute approximate surface area is 234 Å². The topological polar surface area (TPSA) is 131 Å². The summed E-state index contributed by atoms with van der Waals surface area (Å²) in [5, 5.41) is 9.88. The summed E-state index contributed by atoms with van der Waals surface area (Å²) in [6.45, 7) is 15.1. The lowest BCUT2D eigenvalue weighted by Crippen LogP contribution is -2.45. The van der Waals surface area contributed by atoms with Gasteiger partial charge in [-0.1, -0.05) is 6.08 Å². The fraction of sp³-hybridized carbons (Fsp3) is 0.926. The molecule has 6 aliphatic heterocycles. The molecule has 0 unspecified atom stereocenters. The van der Waals surface area contributed by atoms with Gasteiger partial charge >= 0.3 is 0 Å². The van der Waals surface area contributed by atoms with Gasteiger partial charge in [0.1, 0.15) is 54.9 Å².